The van der Waals surface area contributed by atoms with Crippen LogP contribution in [-0.2, 0) is 0 Å². The van der Waals surface area contributed by atoms with Gasteiger partial charge < -0.3 is 10.8 Å². The van der Waals surface area contributed by atoms with E-state index in [2.05, 4.69) is 6.92 Å². The Labute approximate surface area is 85.8 Å². The highest BCUT2D eigenvalue weighted by Crippen LogP contribution is 2.20. The molecule has 0 aliphatic carbocycles. The van der Waals surface area contributed by atoms with Crippen LogP contribution in [0.4, 0.5) is 0 Å². The zero-order chi connectivity index (χ0) is 10.6. The fourth-order valence-corrected chi connectivity index (χ4v) is 1.47. The summed E-state index contributed by atoms with van der Waals surface area (Å²) in [4.78, 5) is 0. The van der Waals surface area contributed by atoms with Crippen LogP contribution in [0.2, 0.25) is 0 Å². The third-order valence-electron chi connectivity index (χ3n) is 2.78. The summed E-state index contributed by atoms with van der Waals surface area (Å²) in [6.07, 6.45) is 0.490. The maximum atomic E-state index is 9.91. The zero-order valence-corrected chi connectivity index (χ0v) is 8.85. The summed E-state index contributed by atoms with van der Waals surface area (Å²) in [7, 11) is 0. The second-order valence-electron chi connectivity index (χ2n) is 3.81. The van der Waals surface area contributed by atoms with Crippen molar-refractivity contribution in [3.63, 3.8) is 0 Å². The fourth-order valence-electron chi connectivity index (χ4n) is 1.47. The van der Waals surface area contributed by atoms with Gasteiger partial charge in [0.1, 0.15) is 0 Å². The molecule has 0 aliphatic rings. The van der Waals surface area contributed by atoms with Crippen molar-refractivity contribution in [3.8, 4) is 0 Å². The number of aliphatic hydroxyl groups excluding tert-OH is 1. The van der Waals surface area contributed by atoms with E-state index in [0.717, 1.165) is 12.0 Å². The molecule has 0 spiro atoms. The third kappa shape index (κ3) is 2.56. The van der Waals surface area contributed by atoms with E-state index in [-0.39, 0.29) is 12.0 Å². The maximum absolute atomic E-state index is 9.91. The summed E-state index contributed by atoms with van der Waals surface area (Å²) in [6, 6.07) is 9.47. The Balaban J connectivity index is 2.70. The Kier molecular flexibility index (Phi) is 4.11. The smallest absolute Gasteiger partial charge is 0.0758 e. The summed E-state index contributed by atoms with van der Waals surface area (Å²) < 4.78 is 0. The summed E-state index contributed by atoms with van der Waals surface area (Å²) in [6.45, 7) is 4.08. The molecule has 78 valence electrons. The van der Waals surface area contributed by atoms with Crippen LogP contribution in [0.3, 0.4) is 0 Å². The van der Waals surface area contributed by atoms with E-state index in [0.29, 0.717) is 0 Å². The molecule has 3 unspecified atom stereocenters. The van der Waals surface area contributed by atoms with E-state index < -0.39 is 6.10 Å². The predicted molar refractivity (Wildman–Crippen MR) is 58.8 cm³/mol. The molecule has 0 aliphatic heterocycles. The van der Waals surface area contributed by atoms with Gasteiger partial charge in [-0.15, -0.1) is 0 Å². The molecular weight excluding hydrogens is 174 g/mol. The Morgan fingerprint density at radius 1 is 1.29 bits per heavy atom. The highest BCUT2D eigenvalue weighted by Gasteiger charge is 2.21. The van der Waals surface area contributed by atoms with Gasteiger partial charge in [-0.1, -0.05) is 50.6 Å². The van der Waals surface area contributed by atoms with Gasteiger partial charge in [-0.3, -0.25) is 0 Å². The van der Waals surface area contributed by atoms with Gasteiger partial charge in [-0.25, -0.2) is 0 Å². The summed E-state index contributed by atoms with van der Waals surface area (Å²) in [5.41, 5.74) is 6.97. The van der Waals surface area contributed by atoms with Crippen molar-refractivity contribution in [3.05, 3.63) is 35.9 Å². The Hall–Kier alpha value is -0.860. The monoisotopic (exact) mass is 193 g/mol. The minimum Gasteiger partial charge on any atom is -0.391 e. The van der Waals surface area contributed by atoms with Gasteiger partial charge in [0, 0.05) is 0 Å². The van der Waals surface area contributed by atoms with Crippen molar-refractivity contribution in [1.29, 1.82) is 0 Å². The largest absolute Gasteiger partial charge is 0.391 e. The van der Waals surface area contributed by atoms with Crippen molar-refractivity contribution in [1.82, 2.24) is 0 Å². The fraction of sp³-hybridized carbons (Fsp3) is 0.500. The van der Waals surface area contributed by atoms with Gasteiger partial charge in [0.05, 0.1) is 12.1 Å². The first-order valence-electron chi connectivity index (χ1n) is 5.15. The topological polar surface area (TPSA) is 46.2 Å². The van der Waals surface area contributed by atoms with E-state index in [9.17, 15) is 5.11 Å². The van der Waals surface area contributed by atoms with Gasteiger partial charge in [0.15, 0.2) is 0 Å². The lowest BCUT2D eigenvalue weighted by Gasteiger charge is -2.24. The first kappa shape index (κ1) is 11.2. The van der Waals surface area contributed by atoms with Crippen molar-refractivity contribution in [2.75, 3.05) is 0 Å². The quantitative estimate of drug-likeness (QED) is 0.769. The lowest BCUT2D eigenvalue weighted by Crippen LogP contribution is -2.31. The molecule has 0 saturated heterocycles. The molecule has 0 bridgehead atoms. The predicted octanol–water partition coefficient (Wildman–Crippen LogP) is 2.09. The van der Waals surface area contributed by atoms with Gasteiger partial charge in [-0.05, 0) is 11.5 Å². The minimum absolute atomic E-state index is 0.241. The van der Waals surface area contributed by atoms with E-state index in [4.69, 9.17) is 5.73 Å². The van der Waals surface area contributed by atoms with Gasteiger partial charge >= 0.3 is 0 Å². The van der Waals surface area contributed by atoms with Crippen LogP contribution < -0.4 is 5.73 Å². The first-order chi connectivity index (χ1) is 6.66. The molecular formula is C12H19NO. The molecule has 0 saturated carbocycles. The minimum atomic E-state index is -0.456. The van der Waals surface area contributed by atoms with E-state index in [1.54, 1.807) is 0 Å². The van der Waals surface area contributed by atoms with Crippen molar-refractivity contribution in [2.24, 2.45) is 11.7 Å². The van der Waals surface area contributed by atoms with Crippen LogP contribution in [0.25, 0.3) is 0 Å². The van der Waals surface area contributed by atoms with Gasteiger partial charge in [0.2, 0.25) is 0 Å². The van der Waals surface area contributed by atoms with Crippen LogP contribution >= 0.6 is 0 Å². The van der Waals surface area contributed by atoms with Crippen LogP contribution in [0.1, 0.15) is 31.9 Å². The third-order valence-corrected chi connectivity index (χ3v) is 2.78. The lowest BCUT2D eigenvalue weighted by molar-refractivity contribution is 0.0880. The highest BCUT2D eigenvalue weighted by molar-refractivity contribution is 5.19. The van der Waals surface area contributed by atoms with Crippen LogP contribution in [0.15, 0.2) is 30.3 Å². The standard InChI is InChI=1S/C12H19NO/c1-3-9(2)12(14)11(13)10-7-5-4-6-8-10/h4-9,11-12,14H,3,13H2,1-2H3. The Bertz CT molecular complexity index is 260. The number of rotatable bonds is 4. The molecule has 0 amide bonds. The normalized spacial score (nSPS) is 17.4. The van der Waals surface area contributed by atoms with Crippen molar-refractivity contribution < 1.29 is 5.11 Å². The molecule has 2 heteroatoms. The molecule has 0 aromatic heterocycles. The molecule has 1 aromatic carbocycles. The molecule has 1 rings (SSSR count). The lowest BCUT2D eigenvalue weighted by atomic mass is 9.92. The maximum Gasteiger partial charge on any atom is 0.0758 e. The Morgan fingerprint density at radius 2 is 1.86 bits per heavy atom. The van der Waals surface area contributed by atoms with E-state index >= 15 is 0 Å². The number of benzene rings is 1. The van der Waals surface area contributed by atoms with Crippen LogP contribution in [0.5, 0.6) is 0 Å². The number of aliphatic hydroxyl groups is 1. The van der Waals surface area contributed by atoms with E-state index in [1.807, 2.05) is 37.3 Å². The SMILES string of the molecule is CCC(C)C(O)C(N)c1ccccc1. The van der Waals surface area contributed by atoms with Crippen molar-refractivity contribution >= 4 is 0 Å². The molecule has 0 radical (unpaired) electrons. The molecule has 3 N–H and O–H groups in total. The molecule has 3 atom stereocenters. The average Bonchev–Trinajstić information content (AvgIpc) is 2.27. The first-order valence-corrected chi connectivity index (χ1v) is 5.15. The number of hydrogen-bond donors (Lipinski definition) is 2. The molecule has 2 nitrogen and oxygen atoms in total. The zero-order valence-electron chi connectivity index (χ0n) is 8.85. The summed E-state index contributed by atoms with van der Waals surface area (Å²) in [5, 5.41) is 9.91. The van der Waals surface area contributed by atoms with E-state index in [1.165, 1.54) is 0 Å². The summed E-state index contributed by atoms with van der Waals surface area (Å²) in [5.74, 6) is 0.241. The van der Waals surface area contributed by atoms with Crippen LogP contribution in [-0.4, -0.2) is 11.2 Å². The van der Waals surface area contributed by atoms with Gasteiger partial charge in [-0.2, -0.15) is 0 Å². The molecule has 0 fully saturated rings. The van der Waals surface area contributed by atoms with Crippen molar-refractivity contribution in [2.45, 2.75) is 32.4 Å². The summed E-state index contributed by atoms with van der Waals surface area (Å²) >= 11 is 0. The second kappa shape index (κ2) is 5.13. The van der Waals surface area contributed by atoms with Gasteiger partial charge in [0.25, 0.3) is 0 Å². The average molecular weight is 193 g/mol. The highest BCUT2D eigenvalue weighted by atomic mass is 16.3. The van der Waals surface area contributed by atoms with Crippen LogP contribution in [0, 0.1) is 5.92 Å². The second-order valence-corrected chi connectivity index (χ2v) is 3.81. The number of hydrogen-bond acceptors (Lipinski definition) is 2. The number of nitrogens with two attached hydrogens (primary N) is 1. The molecule has 0 heterocycles. The Morgan fingerprint density at radius 3 is 2.36 bits per heavy atom. The molecule has 1 aromatic rings. The molecule has 14 heavy (non-hydrogen) atoms.